The van der Waals surface area contributed by atoms with E-state index in [0.29, 0.717) is 11.5 Å². The van der Waals surface area contributed by atoms with Gasteiger partial charge >= 0.3 is 12.0 Å². The van der Waals surface area contributed by atoms with E-state index < -0.39 is 5.97 Å². The number of hydrogen-bond acceptors (Lipinski definition) is 4. The van der Waals surface area contributed by atoms with Gasteiger partial charge < -0.3 is 19.7 Å². The van der Waals surface area contributed by atoms with Crippen LogP contribution in [0.3, 0.4) is 0 Å². The van der Waals surface area contributed by atoms with Gasteiger partial charge in [-0.1, -0.05) is 0 Å². The van der Waals surface area contributed by atoms with Crippen LogP contribution in [0.5, 0.6) is 0 Å². The third kappa shape index (κ3) is 3.27. The number of urea groups is 1. The van der Waals surface area contributed by atoms with Crippen molar-refractivity contribution in [2.45, 2.75) is 26.4 Å². The number of furan rings is 1. The fraction of sp³-hybridized carbons (Fsp3) is 0.538. The lowest BCUT2D eigenvalue weighted by molar-refractivity contribution is 0.0695. The highest BCUT2D eigenvalue weighted by molar-refractivity contribution is 7.99. The third-order valence-electron chi connectivity index (χ3n) is 3.24. The Bertz CT molecular complexity index is 514. The molecule has 0 radical (unpaired) electrons. The van der Waals surface area contributed by atoms with Crippen LogP contribution in [0.15, 0.2) is 10.5 Å². The molecule has 7 heteroatoms. The summed E-state index contributed by atoms with van der Waals surface area (Å²) < 4.78 is 5.32. The predicted octanol–water partition coefficient (Wildman–Crippen LogP) is 1.93. The molecule has 1 fully saturated rings. The normalized spacial score (nSPS) is 18.9. The second kappa shape index (κ2) is 6.21. The number of nitrogens with one attached hydrogen (secondary N) is 1. The van der Waals surface area contributed by atoms with Crippen molar-refractivity contribution in [1.29, 1.82) is 0 Å². The van der Waals surface area contributed by atoms with Crippen molar-refractivity contribution in [3.05, 3.63) is 23.2 Å². The first-order valence-electron chi connectivity index (χ1n) is 6.44. The predicted molar refractivity (Wildman–Crippen MR) is 76.1 cm³/mol. The molecule has 2 heterocycles. The Hall–Kier alpha value is -1.63. The molecule has 1 saturated heterocycles. The maximum Gasteiger partial charge on any atom is 0.339 e. The van der Waals surface area contributed by atoms with Crippen LogP contribution in [0.4, 0.5) is 4.79 Å². The third-order valence-corrected chi connectivity index (χ3v) is 4.43. The van der Waals surface area contributed by atoms with E-state index in [-0.39, 0.29) is 24.2 Å². The van der Waals surface area contributed by atoms with Crippen LogP contribution in [0, 0.1) is 6.92 Å². The van der Waals surface area contributed by atoms with Crippen molar-refractivity contribution in [2.75, 3.05) is 18.1 Å². The Balaban J connectivity index is 1.93. The summed E-state index contributed by atoms with van der Waals surface area (Å²) in [6.45, 7) is 4.54. The number of carboxylic acid groups (broad SMARTS) is 1. The standard InChI is InChI=1S/C13H18N2O4S/c1-8-7-20-4-3-15(8)13(18)14-6-10-5-11(12(16)17)9(2)19-10/h5,8H,3-4,6-7H2,1-2H3,(H,14,18)(H,16,17). The van der Waals surface area contributed by atoms with Crippen molar-refractivity contribution in [2.24, 2.45) is 0 Å². The van der Waals surface area contributed by atoms with E-state index in [0.717, 1.165) is 18.1 Å². The smallest absolute Gasteiger partial charge is 0.339 e. The van der Waals surface area contributed by atoms with E-state index in [9.17, 15) is 9.59 Å². The molecule has 2 rings (SSSR count). The topological polar surface area (TPSA) is 82.8 Å². The van der Waals surface area contributed by atoms with E-state index in [2.05, 4.69) is 5.32 Å². The average molecular weight is 298 g/mol. The molecule has 2 amide bonds. The molecular weight excluding hydrogens is 280 g/mol. The molecule has 1 aliphatic rings. The molecule has 6 nitrogen and oxygen atoms in total. The minimum absolute atomic E-state index is 0.135. The average Bonchev–Trinajstić information content (AvgIpc) is 2.78. The summed E-state index contributed by atoms with van der Waals surface area (Å²) in [4.78, 5) is 24.8. The van der Waals surface area contributed by atoms with Crippen molar-refractivity contribution in [3.8, 4) is 0 Å². The second-order valence-electron chi connectivity index (χ2n) is 4.76. The minimum Gasteiger partial charge on any atom is -0.478 e. The fourth-order valence-corrected chi connectivity index (χ4v) is 3.15. The quantitative estimate of drug-likeness (QED) is 0.891. The Morgan fingerprint density at radius 3 is 2.95 bits per heavy atom. The fourth-order valence-electron chi connectivity index (χ4n) is 2.14. The molecule has 20 heavy (non-hydrogen) atoms. The van der Waals surface area contributed by atoms with Crippen LogP contribution in [-0.4, -0.2) is 46.1 Å². The van der Waals surface area contributed by atoms with Gasteiger partial charge in [0, 0.05) is 24.1 Å². The minimum atomic E-state index is -1.02. The zero-order valence-electron chi connectivity index (χ0n) is 11.5. The summed E-state index contributed by atoms with van der Waals surface area (Å²) >= 11 is 1.84. The molecule has 110 valence electrons. The van der Waals surface area contributed by atoms with Gasteiger partial charge in [0.05, 0.1) is 6.54 Å². The zero-order chi connectivity index (χ0) is 14.7. The molecule has 0 spiro atoms. The highest BCUT2D eigenvalue weighted by Crippen LogP contribution is 2.17. The summed E-state index contributed by atoms with van der Waals surface area (Å²) in [7, 11) is 0. The molecule has 1 aliphatic heterocycles. The van der Waals surface area contributed by atoms with Gasteiger partial charge in [-0.05, 0) is 19.9 Å². The van der Waals surface area contributed by atoms with Gasteiger partial charge in [-0.25, -0.2) is 9.59 Å². The highest BCUT2D eigenvalue weighted by atomic mass is 32.2. The number of aromatic carboxylic acids is 1. The summed E-state index contributed by atoms with van der Waals surface area (Å²) in [6, 6.07) is 1.53. The van der Waals surface area contributed by atoms with Gasteiger partial charge in [0.25, 0.3) is 0 Å². The van der Waals surface area contributed by atoms with Crippen LogP contribution in [0.2, 0.25) is 0 Å². The molecule has 0 bridgehead atoms. The molecule has 1 aromatic heterocycles. The Labute approximate surface area is 121 Å². The lowest BCUT2D eigenvalue weighted by Crippen LogP contribution is -2.49. The molecule has 1 atom stereocenters. The molecule has 1 unspecified atom stereocenters. The van der Waals surface area contributed by atoms with E-state index in [1.807, 2.05) is 18.7 Å². The monoisotopic (exact) mass is 298 g/mol. The maximum atomic E-state index is 12.1. The van der Waals surface area contributed by atoms with E-state index >= 15 is 0 Å². The van der Waals surface area contributed by atoms with Crippen LogP contribution < -0.4 is 5.32 Å². The number of carboxylic acids is 1. The molecule has 0 aliphatic carbocycles. The van der Waals surface area contributed by atoms with Gasteiger partial charge in [-0.2, -0.15) is 11.8 Å². The van der Waals surface area contributed by atoms with Crippen molar-refractivity contribution in [1.82, 2.24) is 10.2 Å². The van der Waals surface area contributed by atoms with Crippen LogP contribution in [-0.2, 0) is 6.54 Å². The molecule has 0 aromatic carbocycles. The number of amides is 2. The van der Waals surface area contributed by atoms with E-state index in [4.69, 9.17) is 9.52 Å². The lowest BCUT2D eigenvalue weighted by Gasteiger charge is -2.32. The number of thioether (sulfide) groups is 1. The number of rotatable bonds is 3. The number of hydrogen-bond donors (Lipinski definition) is 2. The second-order valence-corrected chi connectivity index (χ2v) is 5.91. The summed E-state index contributed by atoms with van der Waals surface area (Å²) in [6.07, 6.45) is 0. The van der Waals surface area contributed by atoms with Gasteiger partial charge in [-0.15, -0.1) is 0 Å². The largest absolute Gasteiger partial charge is 0.478 e. The summed E-state index contributed by atoms with van der Waals surface area (Å²) in [5.74, 6) is 1.67. The highest BCUT2D eigenvalue weighted by Gasteiger charge is 2.23. The summed E-state index contributed by atoms with van der Waals surface area (Å²) in [5, 5.41) is 11.7. The van der Waals surface area contributed by atoms with Gasteiger partial charge in [0.1, 0.15) is 17.1 Å². The molecule has 2 N–H and O–H groups in total. The zero-order valence-corrected chi connectivity index (χ0v) is 12.3. The first-order chi connectivity index (χ1) is 9.49. The Morgan fingerprint density at radius 1 is 1.60 bits per heavy atom. The lowest BCUT2D eigenvalue weighted by atomic mass is 10.2. The van der Waals surface area contributed by atoms with Crippen LogP contribution in [0.25, 0.3) is 0 Å². The first kappa shape index (κ1) is 14.8. The number of aryl methyl sites for hydroxylation is 1. The van der Waals surface area contributed by atoms with Crippen molar-refractivity contribution >= 4 is 23.8 Å². The van der Waals surface area contributed by atoms with Gasteiger partial charge in [-0.3, -0.25) is 0 Å². The SMILES string of the molecule is Cc1oc(CNC(=O)N2CCSCC2C)cc1C(=O)O. The van der Waals surface area contributed by atoms with Crippen LogP contribution >= 0.6 is 11.8 Å². The van der Waals surface area contributed by atoms with Crippen molar-refractivity contribution in [3.63, 3.8) is 0 Å². The molecule has 1 aromatic rings. The molecular formula is C13H18N2O4S. The van der Waals surface area contributed by atoms with Gasteiger partial charge in [0.2, 0.25) is 0 Å². The first-order valence-corrected chi connectivity index (χ1v) is 7.59. The van der Waals surface area contributed by atoms with Gasteiger partial charge in [0.15, 0.2) is 0 Å². The summed E-state index contributed by atoms with van der Waals surface area (Å²) in [5.41, 5.74) is 0.136. The molecule has 0 saturated carbocycles. The Kier molecular flexibility index (Phi) is 4.59. The van der Waals surface area contributed by atoms with E-state index in [1.165, 1.54) is 6.07 Å². The van der Waals surface area contributed by atoms with E-state index in [1.54, 1.807) is 11.8 Å². The van der Waals surface area contributed by atoms with Crippen LogP contribution in [0.1, 0.15) is 28.8 Å². The number of carbonyl (C=O) groups excluding carboxylic acids is 1. The Morgan fingerprint density at radius 2 is 2.35 bits per heavy atom. The van der Waals surface area contributed by atoms with Crippen molar-refractivity contribution < 1.29 is 19.1 Å². The maximum absolute atomic E-state index is 12.1. The number of carbonyl (C=O) groups is 2. The number of nitrogens with zero attached hydrogens (tertiary/aromatic N) is 1.